The second-order valence-electron chi connectivity index (χ2n) is 4.64. The van der Waals surface area contributed by atoms with E-state index in [0.717, 1.165) is 32.8 Å². The van der Waals surface area contributed by atoms with Gasteiger partial charge in [-0.1, -0.05) is 35.8 Å². The van der Waals surface area contributed by atoms with Crippen molar-refractivity contribution in [2.24, 2.45) is 5.92 Å². The first-order valence-electron chi connectivity index (χ1n) is 6.11. The van der Waals surface area contributed by atoms with E-state index in [-0.39, 0.29) is 0 Å². The molecule has 2 nitrogen and oxygen atoms in total. The molecule has 0 atom stereocenters. The molecular formula is C13H15ClN2S. The van der Waals surface area contributed by atoms with Crippen molar-refractivity contribution in [2.45, 2.75) is 25.7 Å². The fraction of sp³-hybridized carbons (Fsp3) is 0.462. The molecule has 1 aromatic heterocycles. The number of aromatic nitrogens is 1. The Morgan fingerprint density at radius 2 is 2.29 bits per heavy atom. The maximum Gasteiger partial charge on any atom is 0.183 e. The van der Waals surface area contributed by atoms with Crippen LogP contribution in [0.3, 0.4) is 0 Å². The fourth-order valence-corrected chi connectivity index (χ4v) is 3.13. The quantitative estimate of drug-likeness (QED) is 0.803. The van der Waals surface area contributed by atoms with Gasteiger partial charge in [0.15, 0.2) is 5.13 Å². The van der Waals surface area contributed by atoms with E-state index >= 15 is 0 Å². The van der Waals surface area contributed by atoms with Gasteiger partial charge in [-0.05, 0) is 37.0 Å². The zero-order valence-corrected chi connectivity index (χ0v) is 11.2. The maximum absolute atomic E-state index is 5.95. The monoisotopic (exact) mass is 266 g/mol. The predicted molar refractivity (Wildman–Crippen MR) is 75.1 cm³/mol. The summed E-state index contributed by atoms with van der Waals surface area (Å²) in [5.41, 5.74) is 1.03. The molecule has 1 aromatic carbocycles. The number of hydrogen-bond donors (Lipinski definition) is 1. The van der Waals surface area contributed by atoms with Crippen molar-refractivity contribution >= 4 is 38.3 Å². The number of nitrogens with one attached hydrogen (secondary N) is 1. The molecule has 0 spiro atoms. The van der Waals surface area contributed by atoms with Gasteiger partial charge in [0.25, 0.3) is 0 Å². The first-order chi connectivity index (χ1) is 8.31. The Morgan fingerprint density at radius 1 is 1.41 bits per heavy atom. The van der Waals surface area contributed by atoms with Gasteiger partial charge < -0.3 is 5.32 Å². The zero-order chi connectivity index (χ0) is 11.7. The summed E-state index contributed by atoms with van der Waals surface area (Å²) in [5.74, 6) is 1.02. The lowest BCUT2D eigenvalue weighted by molar-refractivity contribution is 0.687. The summed E-state index contributed by atoms with van der Waals surface area (Å²) in [6.07, 6.45) is 5.50. The maximum atomic E-state index is 5.95. The Bertz CT molecular complexity index is 519. The van der Waals surface area contributed by atoms with E-state index in [1.165, 1.54) is 25.7 Å². The SMILES string of the molecule is Clc1ccc2nc(NCCCC3CC3)sc2c1. The first-order valence-corrected chi connectivity index (χ1v) is 7.31. The van der Waals surface area contributed by atoms with E-state index in [9.17, 15) is 0 Å². The van der Waals surface area contributed by atoms with Gasteiger partial charge in [0.1, 0.15) is 0 Å². The third-order valence-corrected chi connectivity index (χ3v) is 4.32. The van der Waals surface area contributed by atoms with Crippen LogP contribution in [0.25, 0.3) is 10.2 Å². The molecule has 1 saturated carbocycles. The number of fused-ring (bicyclic) bond motifs is 1. The van der Waals surface area contributed by atoms with Crippen molar-refractivity contribution in [3.05, 3.63) is 23.2 Å². The highest BCUT2D eigenvalue weighted by Gasteiger charge is 2.19. The fourth-order valence-electron chi connectivity index (χ4n) is 1.97. The van der Waals surface area contributed by atoms with Crippen LogP contribution in [-0.2, 0) is 0 Å². The number of hydrogen-bond acceptors (Lipinski definition) is 3. The van der Waals surface area contributed by atoms with Crippen LogP contribution >= 0.6 is 22.9 Å². The summed E-state index contributed by atoms with van der Waals surface area (Å²) in [6, 6.07) is 5.84. The molecule has 0 amide bonds. The highest BCUT2D eigenvalue weighted by atomic mass is 35.5. The van der Waals surface area contributed by atoms with E-state index < -0.39 is 0 Å². The largest absolute Gasteiger partial charge is 0.361 e. The number of benzene rings is 1. The summed E-state index contributed by atoms with van der Waals surface area (Å²) in [4.78, 5) is 4.53. The normalized spacial score (nSPS) is 15.4. The summed E-state index contributed by atoms with van der Waals surface area (Å²) in [7, 11) is 0. The van der Waals surface area contributed by atoms with Gasteiger partial charge in [-0.15, -0.1) is 0 Å². The van der Waals surface area contributed by atoms with Gasteiger partial charge in [0, 0.05) is 11.6 Å². The second kappa shape index (κ2) is 4.83. The Morgan fingerprint density at radius 3 is 3.12 bits per heavy atom. The molecule has 0 radical (unpaired) electrons. The van der Waals surface area contributed by atoms with Crippen LogP contribution in [0, 0.1) is 5.92 Å². The average molecular weight is 267 g/mol. The van der Waals surface area contributed by atoms with Crippen LogP contribution in [-0.4, -0.2) is 11.5 Å². The summed E-state index contributed by atoms with van der Waals surface area (Å²) >= 11 is 7.63. The van der Waals surface area contributed by atoms with Crippen molar-refractivity contribution in [2.75, 3.05) is 11.9 Å². The van der Waals surface area contributed by atoms with Crippen molar-refractivity contribution in [3.63, 3.8) is 0 Å². The number of anilines is 1. The minimum Gasteiger partial charge on any atom is -0.361 e. The molecule has 90 valence electrons. The summed E-state index contributed by atoms with van der Waals surface area (Å²) < 4.78 is 1.15. The van der Waals surface area contributed by atoms with Crippen LogP contribution in [0.4, 0.5) is 5.13 Å². The molecular weight excluding hydrogens is 252 g/mol. The minimum absolute atomic E-state index is 0.779. The lowest BCUT2D eigenvalue weighted by Crippen LogP contribution is -2.00. The summed E-state index contributed by atoms with van der Waals surface area (Å²) in [6.45, 7) is 1.03. The Balaban J connectivity index is 1.60. The van der Waals surface area contributed by atoms with Gasteiger partial charge in [-0.3, -0.25) is 0 Å². The third kappa shape index (κ3) is 2.90. The number of nitrogens with zero attached hydrogens (tertiary/aromatic N) is 1. The van der Waals surface area contributed by atoms with Crippen LogP contribution < -0.4 is 5.32 Å². The lowest BCUT2D eigenvalue weighted by Gasteiger charge is -2.00. The van der Waals surface area contributed by atoms with Gasteiger partial charge in [-0.25, -0.2) is 4.98 Å². The Kier molecular flexibility index (Phi) is 3.21. The van der Waals surface area contributed by atoms with Crippen LogP contribution in [0.2, 0.25) is 5.02 Å². The highest BCUT2D eigenvalue weighted by Crippen LogP contribution is 2.33. The lowest BCUT2D eigenvalue weighted by atomic mass is 10.2. The van der Waals surface area contributed by atoms with E-state index in [1.54, 1.807) is 11.3 Å². The molecule has 1 aliphatic rings. The molecule has 17 heavy (non-hydrogen) atoms. The van der Waals surface area contributed by atoms with E-state index in [4.69, 9.17) is 11.6 Å². The predicted octanol–water partition coefficient (Wildman–Crippen LogP) is 4.55. The molecule has 1 heterocycles. The van der Waals surface area contributed by atoms with Crippen LogP contribution in [0.5, 0.6) is 0 Å². The van der Waals surface area contributed by atoms with Crippen molar-refractivity contribution < 1.29 is 0 Å². The van der Waals surface area contributed by atoms with Gasteiger partial charge in [-0.2, -0.15) is 0 Å². The molecule has 0 aliphatic heterocycles. The zero-order valence-electron chi connectivity index (χ0n) is 9.58. The third-order valence-electron chi connectivity index (χ3n) is 3.11. The highest BCUT2D eigenvalue weighted by molar-refractivity contribution is 7.22. The molecule has 2 aromatic rings. The first kappa shape index (κ1) is 11.3. The van der Waals surface area contributed by atoms with Crippen molar-refractivity contribution in [3.8, 4) is 0 Å². The molecule has 1 aliphatic carbocycles. The second-order valence-corrected chi connectivity index (χ2v) is 6.11. The smallest absolute Gasteiger partial charge is 0.183 e. The topological polar surface area (TPSA) is 24.9 Å². The van der Waals surface area contributed by atoms with Gasteiger partial charge in [0.2, 0.25) is 0 Å². The van der Waals surface area contributed by atoms with Crippen molar-refractivity contribution in [1.29, 1.82) is 0 Å². The molecule has 3 rings (SSSR count). The molecule has 0 saturated heterocycles. The molecule has 0 bridgehead atoms. The minimum atomic E-state index is 0.779. The van der Waals surface area contributed by atoms with Gasteiger partial charge >= 0.3 is 0 Å². The summed E-state index contributed by atoms with van der Waals surface area (Å²) in [5, 5.41) is 5.19. The van der Waals surface area contributed by atoms with E-state index in [0.29, 0.717) is 0 Å². The van der Waals surface area contributed by atoms with Crippen LogP contribution in [0.15, 0.2) is 18.2 Å². The number of halogens is 1. The number of rotatable bonds is 5. The molecule has 4 heteroatoms. The van der Waals surface area contributed by atoms with Crippen molar-refractivity contribution in [1.82, 2.24) is 4.98 Å². The molecule has 1 fully saturated rings. The average Bonchev–Trinajstić information content (AvgIpc) is 3.04. The molecule has 1 N–H and O–H groups in total. The number of thiazole rings is 1. The molecule has 0 unspecified atom stereocenters. The van der Waals surface area contributed by atoms with Crippen LogP contribution in [0.1, 0.15) is 25.7 Å². The Labute approximate surface area is 110 Å². The van der Waals surface area contributed by atoms with E-state index in [2.05, 4.69) is 10.3 Å². The standard InChI is InChI=1S/C13H15ClN2S/c14-10-5-6-11-12(8-10)17-13(16-11)15-7-1-2-9-3-4-9/h5-6,8-9H,1-4,7H2,(H,15,16). The van der Waals surface area contributed by atoms with E-state index in [1.807, 2.05) is 18.2 Å². The van der Waals surface area contributed by atoms with Gasteiger partial charge in [0.05, 0.1) is 10.2 Å². The Hall–Kier alpha value is -0.800.